The van der Waals surface area contributed by atoms with E-state index in [1.807, 2.05) is 4.90 Å². The molecule has 0 aliphatic carbocycles. The highest BCUT2D eigenvalue weighted by Gasteiger charge is 2.30. The second kappa shape index (κ2) is 5.50. The minimum Gasteiger partial charge on any atom is -0.333 e. The number of piperidine rings is 1. The summed E-state index contributed by atoms with van der Waals surface area (Å²) in [5.74, 6) is -0.0119. The SMILES string of the molecule is CC1CCCC(C)N1C(=O)c1cc(Cl)ccc1Cl. The summed E-state index contributed by atoms with van der Waals surface area (Å²) in [6, 6.07) is 5.55. The predicted octanol–water partition coefficient (Wildman–Crippen LogP) is 4.40. The van der Waals surface area contributed by atoms with E-state index in [1.54, 1.807) is 18.2 Å². The molecule has 98 valence electrons. The van der Waals surface area contributed by atoms with Crippen LogP contribution in [0.15, 0.2) is 18.2 Å². The predicted molar refractivity (Wildman–Crippen MR) is 75.4 cm³/mol. The number of likely N-dealkylation sites (tertiary alicyclic amines) is 1. The quantitative estimate of drug-likeness (QED) is 0.749. The Morgan fingerprint density at radius 2 is 1.83 bits per heavy atom. The van der Waals surface area contributed by atoms with Crippen LogP contribution in [0.4, 0.5) is 0 Å². The maximum Gasteiger partial charge on any atom is 0.255 e. The zero-order valence-corrected chi connectivity index (χ0v) is 12.1. The fourth-order valence-corrected chi connectivity index (χ4v) is 2.99. The second-order valence-corrected chi connectivity index (χ2v) is 5.81. The third-order valence-electron chi connectivity index (χ3n) is 3.59. The van der Waals surface area contributed by atoms with Gasteiger partial charge < -0.3 is 4.90 Å². The van der Waals surface area contributed by atoms with Gasteiger partial charge in [-0.1, -0.05) is 23.2 Å². The summed E-state index contributed by atoms with van der Waals surface area (Å²) >= 11 is 12.0. The third kappa shape index (κ3) is 2.65. The van der Waals surface area contributed by atoms with Gasteiger partial charge in [-0.2, -0.15) is 0 Å². The summed E-state index contributed by atoms with van der Waals surface area (Å²) in [5, 5.41) is 1.01. The monoisotopic (exact) mass is 285 g/mol. The molecular weight excluding hydrogens is 269 g/mol. The van der Waals surface area contributed by atoms with E-state index >= 15 is 0 Å². The highest BCUT2D eigenvalue weighted by Crippen LogP contribution is 2.28. The first-order valence-corrected chi connectivity index (χ1v) is 7.04. The van der Waals surface area contributed by atoms with Gasteiger partial charge in [0.05, 0.1) is 10.6 Å². The third-order valence-corrected chi connectivity index (χ3v) is 4.15. The van der Waals surface area contributed by atoms with E-state index in [0.29, 0.717) is 15.6 Å². The van der Waals surface area contributed by atoms with Gasteiger partial charge in [0.25, 0.3) is 5.91 Å². The lowest BCUT2D eigenvalue weighted by molar-refractivity contribution is 0.0511. The van der Waals surface area contributed by atoms with Crippen LogP contribution in [-0.4, -0.2) is 22.9 Å². The molecule has 1 aliphatic rings. The van der Waals surface area contributed by atoms with E-state index in [2.05, 4.69) is 13.8 Å². The molecule has 2 rings (SSSR count). The van der Waals surface area contributed by atoms with Crippen molar-refractivity contribution in [3.05, 3.63) is 33.8 Å². The number of nitrogens with zero attached hydrogens (tertiary/aromatic N) is 1. The molecule has 2 unspecified atom stereocenters. The van der Waals surface area contributed by atoms with Crippen molar-refractivity contribution in [2.75, 3.05) is 0 Å². The Bertz CT molecular complexity index is 451. The fraction of sp³-hybridized carbons (Fsp3) is 0.500. The first kappa shape index (κ1) is 13.7. The summed E-state index contributed by atoms with van der Waals surface area (Å²) in [6.45, 7) is 4.18. The summed E-state index contributed by atoms with van der Waals surface area (Å²) in [5.41, 5.74) is 0.504. The Morgan fingerprint density at radius 3 is 2.44 bits per heavy atom. The molecule has 0 saturated carbocycles. The molecule has 1 aromatic carbocycles. The minimum atomic E-state index is -0.0119. The van der Waals surface area contributed by atoms with Gasteiger partial charge in [-0.3, -0.25) is 4.79 Å². The number of amides is 1. The normalized spacial score (nSPS) is 24.1. The minimum absolute atomic E-state index is 0.0119. The summed E-state index contributed by atoms with van der Waals surface area (Å²) in [6.07, 6.45) is 3.28. The van der Waals surface area contributed by atoms with E-state index in [4.69, 9.17) is 23.2 Å². The van der Waals surface area contributed by atoms with Crippen LogP contribution in [0.1, 0.15) is 43.5 Å². The average molecular weight is 286 g/mol. The summed E-state index contributed by atoms with van der Waals surface area (Å²) < 4.78 is 0. The van der Waals surface area contributed by atoms with Crippen LogP contribution in [0.25, 0.3) is 0 Å². The zero-order valence-electron chi connectivity index (χ0n) is 10.6. The Hall–Kier alpha value is -0.730. The van der Waals surface area contributed by atoms with Crippen LogP contribution in [0.3, 0.4) is 0 Å². The number of halogens is 2. The van der Waals surface area contributed by atoms with Crippen molar-refractivity contribution < 1.29 is 4.79 Å². The average Bonchev–Trinajstić information content (AvgIpc) is 2.32. The van der Waals surface area contributed by atoms with Gasteiger partial charge >= 0.3 is 0 Å². The van der Waals surface area contributed by atoms with E-state index in [0.717, 1.165) is 12.8 Å². The van der Waals surface area contributed by atoms with E-state index < -0.39 is 0 Å². The van der Waals surface area contributed by atoms with Gasteiger partial charge in [0.1, 0.15) is 0 Å². The molecule has 1 heterocycles. The maximum atomic E-state index is 12.6. The number of carbonyl (C=O) groups is 1. The van der Waals surface area contributed by atoms with Gasteiger partial charge in [-0.25, -0.2) is 0 Å². The first-order valence-electron chi connectivity index (χ1n) is 6.28. The van der Waals surface area contributed by atoms with Crippen molar-refractivity contribution in [1.29, 1.82) is 0 Å². The Balaban J connectivity index is 2.32. The highest BCUT2D eigenvalue weighted by molar-refractivity contribution is 6.35. The zero-order chi connectivity index (χ0) is 13.3. The van der Waals surface area contributed by atoms with Crippen LogP contribution < -0.4 is 0 Å². The number of hydrogen-bond donors (Lipinski definition) is 0. The highest BCUT2D eigenvalue weighted by atomic mass is 35.5. The number of hydrogen-bond acceptors (Lipinski definition) is 1. The molecule has 0 aromatic heterocycles. The van der Waals surface area contributed by atoms with Gasteiger partial charge in [-0.05, 0) is 51.3 Å². The second-order valence-electron chi connectivity index (χ2n) is 4.97. The lowest BCUT2D eigenvalue weighted by atomic mass is 9.96. The molecule has 1 aliphatic heterocycles. The van der Waals surface area contributed by atoms with Crippen LogP contribution >= 0.6 is 23.2 Å². The van der Waals surface area contributed by atoms with Gasteiger partial charge in [0.2, 0.25) is 0 Å². The summed E-state index contributed by atoms with van der Waals surface area (Å²) in [7, 11) is 0. The molecule has 2 atom stereocenters. The Labute approximate surface area is 118 Å². The van der Waals surface area contributed by atoms with Crippen LogP contribution in [0.2, 0.25) is 10.0 Å². The molecule has 1 saturated heterocycles. The van der Waals surface area contributed by atoms with Crippen molar-refractivity contribution in [3.8, 4) is 0 Å². The fourth-order valence-electron chi connectivity index (χ4n) is 2.62. The lowest BCUT2D eigenvalue weighted by Gasteiger charge is -2.39. The molecule has 0 N–H and O–H groups in total. The molecule has 18 heavy (non-hydrogen) atoms. The number of benzene rings is 1. The van der Waals surface area contributed by atoms with E-state index in [9.17, 15) is 4.79 Å². The smallest absolute Gasteiger partial charge is 0.255 e. The van der Waals surface area contributed by atoms with Crippen molar-refractivity contribution in [3.63, 3.8) is 0 Å². The number of carbonyl (C=O) groups excluding carboxylic acids is 1. The van der Waals surface area contributed by atoms with Crippen molar-refractivity contribution >= 4 is 29.1 Å². The number of rotatable bonds is 1. The molecule has 1 fully saturated rings. The van der Waals surface area contributed by atoms with Crippen molar-refractivity contribution in [2.24, 2.45) is 0 Å². The van der Waals surface area contributed by atoms with Crippen molar-refractivity contribution in [1.82, 2.24) is 4.90 Å². The van der Waals surface area contributed by atoms with Crippen molar-refractivity contribution in [2.45, 2.75) is 45.2 Å². The molecule has 0 radical (unpaired) electrons. The standard InChI is InChI=1S/C14H17Cl2NO/c1-9-4-3-5-10(2)17(9)14(18)12-8-11(15)6-7-13(12)16/h6-10H,3-5H2,1-2H3. The van der Waals surface area contributed by atoms with Crippen LogP contribution in [0.5, 0.6) is 0 Å². The molecule has 4 heteroatoms. The van der Waals surface area contributed by atoms with Crippen LogP contribution in [0, 0.1) is 0 Å². The largest absolute Gasteiger partial charge is 0.333 e. The molecule has 2 nitrogen and oxygen atoms in total. The maximum absolute atomic E-state index is 12.6. The molecule has 0 bridgehead atoms. The van der Waals surface area contributed by atoms with E-state index in [1.165, 1.54) is 6.42 Å². The molecular formula is C14H17Cl2NO. The lowest BCUT2D eigenvalue weighted by Crippen LogP contribution is -2.47. The topological polar surface area (TPSA) is 20.3 Å². The Morgan fingerprint density at radius 1 is 1.22 bits per heavy atom. The van der Waals surface area contributed by atoms with Gasteiger partial charge in [-0.15, -0.1) is 0 Å². The Kier molecular flexibility index (Phi) is 4.18. The molecule has 1 amide bonds. The van der Waals surface area contributed by atoms with E-state index in [-0.39, 0.29) is 18.0 Å². The summed E-state index contributed by atoms with van der Waals surface area (Å²) in [4.78, 5) is 14.5. The van der Waals surface area contributed by atoms with Gasteiger partial charge in [0, 0.05) is 17.1 Å². The molecule has 0 spiro atoms. The first-order chi connectivity index (χ1) is 8.50. The van der Waals surface area contributed by atoms with Crippen LogP contribution in [-0.2, 0) is 0 Å². The van der Waals surface area contributed by atoms with Gasteiger partial charge in [0.15, 0.2) is 0 Å². The molecule has 1 aromatic rings.